The van der Waals surface area contributed by atoms with Crippen molar-refractivity contribution in [3.05, 3.63) is 39.8 Å². The summed E-state index contributed by atoms with van der Waals surface area (Å²) in [5.41, 5.74) is 1.03. The van der Waals surface area contributed by atoms with Crippen molar-refractivity contribution in [1.82, 2.24) is 4.98 Å². The van der Waals surface area contributed by atoms with Crippen LogP contribution in [0.5, 0.6) is 0 Å². The lowest BCUT2D eigenvalue weighted by atomic mass is 10.3. The Kier molecular flexibility index (Phi) is 4.72. The fourth-order valence-electron chi connectivity index (χ4n) is 1.69. The number of nitrogens with one attached hydrogen (secondary N) is 1. The van der Waals surface area contributed by atoms with E-state index < -0.39 is 5.76 Å². The second kappa shape index (κ2) is 6.32. The number of hydrogen-bond acceptors (Lipinski definition) is 4. The summed E-state index contributed by atoms with van der Waals surface area (Å²) in [7, 11) is 0. The first-order valence-electron chi connectivity index (χ1n) is 5.76. The number of rotatable bonds is 4. The maximum Gasteiger partial charge on any atom is 0.288 e. The van der Waals surface area contributed by atoms with Crippen LogP contribution in [-0.2, 0) is 0 Å². The number of alkyl halides is 2. The number of nitrogens with zero attached hydrogens (tertiary/aromatic N) is 1. The van der Waals surface area contributed by atoms with Crippen LogP contribution in [0.15, 0.2) is 29.2 Å². The van der Waals surface area contributed by atoms with Gasteiger partial charge in [0.15, 0.2) is 0 Å². The third kappa shape index (κ3) is 3.55. The first-order chi connectivity index (χ1) is 9.47. The molecule has 1 aromatic carbocycles. The molecular weight excluding hydrogens is 302 g/mol. The molecule has 0 aliphatic rings. The van der Waals surface area contributed by atoms with Gasteiger partial charge < -0.3 is 5.32 Å². The van der Waals surface area contributed by atoms with Gasteiger partial charge in [-0.25, -0.2) is 4.98 Å². The molecule has 0 radical (unpaired) electrons. The van der Waals surface area contributed by atoms with Gasteiger partial charge in [0.25, 0.3) is 11.7 Å². The summed E-state index contributed by atoms with van der Waals surface area (Å²) in [6, 6.07) is 6.50. The van der Waals surface area contributed by atoms with E-state index in [1.165, 1.54) is 11.3 Å². The highest BCUT2D eigenvalue weighted by Crippen LogP contribution is 2.32. The van der Waals surface area contributed by atoms with E-state index in [4.69, 9.17) is 0 Å². The van der Waals surface area contributed by atoms with Crippen molar-refractivity contribution in [1.29, 1.82) is 0 Å². The highest BCUT2D eigenvalue weighted by Gasteiger charge is 2.16. The summed E-state index contributed by atoms with van der Waals surface area (Å²) >= 11 is 1.69. The molecular formula is C13H12F2N2OS2. The summed E-state index contributed by atoms with van der Waals surface area (Å²) < 4.78 is 24.9. The number of benzene rings is 1. The minimum Gasteiger partial charge on any atom is -0.320 e. The summed E-state index contributed by atoms with van der Waals surface area (Å²) in [5, 5.41) is 3.46. The van der Waals surface area contributed by atoms with Gasteiger partial charge in [0, 0.05) is 4.90 Å². The lowest BCUT2D eigenvalue weighted by Crippen LogP contribution is -2.12. The number of thiazole rings is 1. The molecule has 7 heteroatoms. The molecule has 0 atom stereocenters. The lowest BCUT2D eigenvalue weighted by molar-refractivity contribution is 0.102. The Hall–Kier alpha value is -1.47. The van der Waals surface area contributed by atoms with Crippen molar-refractivity contribution < 1.29 is 13.6 Å². The molecule has 1 N–H and O–H groups in total. The van der Waals surface area contributed by atoms with Gasteiger partial charge in [0.2, 0.25) is 0 Å². The van der Waals surface area contributed by atoms with E-state index in [2.05, 4.69) is 10.3 Å². The summed E-state index contributed by atoms with van der Waals surface area (Å²) in [6.07, 6.45) is 0. The highest BCUT2D eigenvalue weighted by atomic mass is 32.2. The molecule has 1 amide bonds. The van der Waals surface area contributed by atoms with Crippen LogP contribution in [0.1, 0.15) is 20.4 Å². The zero-order chi connectivity index (χ0) is 14.7. The largest absolute Gasteiger partial charge is 0.320 e. The number of para-hydroxylation sites is 1. The Balaban J connectivity index is 2.22. The number of aromatic nitrogens is 1. The van der Waals surface area contributed by atoms with Crippen molar-refractivity contribution in [2.45, 2.75) is 24.5 Å². The van der Waals surface area contributed by atoms with Crippen molar-refractivity contribution in [2.75, 3.05) is 5.32 Å². The van der Waals surface area contributed by atoms with Crippen LogP contribution in [-0.4, -0.2) is 16.6 Å². The molecule has 2 rings (SSSR count). The lowest BCUT2D eigenvalue weighted by Gasteiger charge is -2.09. The first-order valence-corrected chi connectivity index (χ1v) is 7.46. The van der Waals surface area contributed by atoms with Crippen molar-refractivity contribution >= 4 is 34.7 Å². The van der Waals surface area contributed by atoms with Gasteiger partial charge in [0.05, 0.1) is 16.4 Å². The number of carbonyl (C=O) groups is 1. The molecule has 0 aliphatic carbocycles. The van der Waals surface area contributed by atoms with Crippen LogP contribution in [0, 0.1) is 13.8 Å². The maximum atomic E-state index is 12.5. The minimum absolute atomic E-state index is 0.324. The number of aryl methyl sites for hydroxylation is 2. The van der Waals surface area contributed by atoms with Crippen molar-refractivity contribution in [3.8, 4) is 0 Å². The molecule has 20 heavy (non-hydrogen) atoms. The fourth-order valence-corrected chi connectivity index (χ4v) is 3.10. The SMILES string of the molecule is Cc1nc(C)c(C(=O)Nc2ccccc2SC(F)F)s1. The van der Waals surface area contributed by atoms with Crippen LogP contribution in [0.25, 0.3) is 0 Å². The average molecular weight is 314 g/mol. The molecule has 1 aromatic heterocycles. The van der Waals surface area contributed by atoms with Crippen LogP contribution in [0.4, 0.5) is 14.5 Å². The number of amides is 1. The molecule has 2 aromatic rings. The van der Waals surface area contributed by atoms with Crippen LogP contribution in [0.2, 0.25) is 0 Å². The maximum absolute atomic E-state index is 12.5. The second-order valence-corrected chi connectivity index (χ2v) is 6.21. The number of thioether (sulfide) groups is 1. The van der Waals surface area contributed by atoms with E-state index in [9.17, 15) is 13.6 Å². The van der Waals surface area contributed by atoms with Gasteiger partial charge >= 0.3 is 0 Å². The molecule has 0 unspecified atom stereocenters. The first kappa shape index (κ1) is 14.9. The predicted octanol–water partition coefficient (Wildman–Crippen LogP) is 4.33. The van der Waals surface area contributed by atoms with Gasteiger partial charge in [-0.05, 0) is 26.0 Å². The van der Waals surface area contributed by atoms with Crippen LogP contribution in [0.3, 0.4) is 0 Å². The smallest absolute Gasteiger partial charge is 0.288 e. The zero-order valence-electron chi connectivity index (χ0n) is 10.8. The summed E-state index contributed by atoms with van der Waals surface area (Å²) in [6.45, 7) is 3.56. The monoisotopic (exact) mass is 314 g/mol. The van der Waals surface area contributed by atoms with Crippen molar-refractivity contribution in [3.63, 3.8) is 0 Å². The Morgan fingerprint density at radius 2 is 2.05 bits per heavy atom. The van der Waals surface area contributed by atoms with E-state index in [-0.39, 0.29) is 5.91 Å². The van der Waals surface area contributed by atoms with E-state index in [1.54, 1.807) is 31.2 Å². The van der Waals surface area contributed by atoms with Crippen LogP contribution >= 0.6 is 23.1 Å². The molecule has 106 valence electrons. The highest BCUT2D eigenvalue weighted by molar-refractivity contribution is 7.99. The average Bonchev–Trinajstić information content (AvgIpc) is 2.70. The standard InChI is InChI=1S/C13H12F2N2OS2/c1-7-11(19-8(2)16-7)12(18)17-9-5-3-4-6-10(9)20-13(14)15/h3-6,13H,1-2H3,(H,17,18). The van der Waals surface area contributed by atoms with Gasteiger partial charge in [0.1, 0.15) is 4.88 Å². The molecule has 0 fully saturated rings. The van der Waals surface area contributed by atoms with Gasteiger partial charge in [-0.2, -0.15) is 8.78 Å². The van der Waals surface area contributed by atoms with Gasteiger partial charge in [-0.1, -0.05) is 23.9 Å². The normalized spacial score (nSPS) is 10.8. The molecule has 0 saturated heterocycles. The van der Waals surface area contributed by atoms with E-state index in [1.807, 2.05) is 6.92 Å². The predicted molar refractivity (Wildman–Crippen MR) is 77.8 cm³/mol. The van der Waals surface area contributed by atoms with Crippen LogP contribution < -0.4 is 5.32 Å². The number of carbonyl (C=O) groups excluding carboxylic acids is 1. The van der Waals surface area contributed by atoms with E-state index in [0.717, 1.165) is 5.01 Å². The van der Waals surface area contributed by atoms with Gasteiger partial charge in [-0.3, -0.25) is 4.79 Å². The fraction of sp³-hybridized carbons (Fsp3) is 0.231. The Morgan fingerprint density at radius 1 is 1.35 bits per heavy atom. The van der Waals surface area contributed by atoms with E-state index in [0.29, 0.717) is 32.9 Å². The summed E-state index contributed by atoms with van der Waals surface area (Å²) in [5.74, 6) is -2.85. The summed E-state index contributed by atoms with van der Waals surface area (Å²) in [4.78, 5) is 17.2. The Bertz CT molecular complexity index is 629. The molecule has 0 spiro atoms. The minimum atomic E-state index is -2.53. The Morgan fingerprint density at radius 3 is 2.65 bits per heavy atom. The number of anilines is 1. The molecule has 0 aliphatic heterocycles. The molecule has 0 bridgehead atoms. The number of halogens is 2. The second-order valence-electron chi connectivity index (χ2n) is 3.98. The van der Waals surface area contributed by atoms with Crippen molar-refractivity contribution in [2.24, 2.45) is 0 Å². The third-order valence-electron chi connectivity index (χ3n) is 2.46. The zero-order valence-corrected chi connectivity index (χ0v) is 12.4. The topological polar surface area (TPSA) is 42.0 Å². The third-order valence-corrected chi connectivity index (χ3v) is 4.32. The van der Waals surface area contributed by atoms with E-state index >= 15 is 0 Å². The Labute approximate surface area is 123 Å². The quantitative estimate of drug-likeness (QED) is 0.854. The number of hydrogen-bond donors (Lipinski definition) is 1. The molecule has 3 nitrogen and oxygen atoms in total. The van der Waals surface area contributed by atoms with Gasteiger partial charge in [-0.15, -0.1) is 11.3 Å². The molecule has 0 saturated carbocycles. The molecule has 1 heterocycles.